The lowest BCUT2D eigenvalue weighted by molar-refractivity contribution is -0.170. The van der Waals surface area contributed by atoms with Gasteiger partial charge in [-0.3, -0.25) is 19.7 Å². The average molecular weight is 281 g/mol. The van der Waals surface area contributed by atoms with Crippen molar-refractivity contribution in [1.29, 1.82) is 0 Å². The highest BCUT2D eigenvalue weighted by Crippen LogP contribution is 2.58. The third-order valence-corrected chi connectivity index (χ3v) is 4.87. The Bertz CT molecular complexity index is 420. The number of unbranched alkanes of at least 4 members (excludes halogenated alkanes) is 4. The van der Waals surface area contributed by atoms with Crippen molar-refractivity contribution in [2.45, 2.75) is 51.9 Å². The van der Waals surface area contributed by atoms with E-state index in [4.69, 9.17) is 4.74 Å². The van der Waals surface area contributed by atoms with Crippen molar-refractivity contribution in [3.8, 4) is 0 Å². The van der Waals surface area contributed by atoms with Crippen molar-refractivity contribution in [1.82, 2.24) is 5.32 Å². The first-order valence-electron chi connectivity index (χ1n) is 7.51. The van der Waals surface area contributed by atoms with E-state index in [-0.39, 0.29) is 23.7 Å². The molecule has 0 aromatic rings. The molecule has 1 aliphatic carbocycles. The molecular weight excluding hydrogens is 258 g/mol. The van der Waals surface area contributed by atoms with Crippen molar-refractivity contribution in [2.24, 2.45) is 17.3 Å². The Kier molecular flexibility index (Phi) is 4.45. The first kappa shape index (κ1) is 15.0. The molecule has 2 amide bonds. The van der Waals surface area contributed by atoms with Crippen LogP contribution in [-0.4, -0.2) is 24.9 Å². The van der Waals surface area contributed by atoms with Crippen molar-refractivity contribution < 1.29 is 19.1 Å². The lowest BCUT2D eigenvalue weighted by Crippen LogP contribution is -2.55. The summed E-state index contributed by atoms with van der Waals surface area (Å²) in [5.41, 5.74) is -0.823. The molecule has 0 aromatic carbocycles. The van der Waals surface area contributed by atoms with E-state index in [1.807, 2.05) is 0 Å². The summed E-state index contributed by atoms with van der Waals surface area (Å²) in [6.07, 6.45) is 6.45. The summed E-state index contributed by atoms with van der Waals surface area (Å²) in [6.45, 7) is 2.15. The number of fused-ring (bicyclic) bond motifs is 1. The molecular formula is C15H23NO4. The molecule has 20 heavy (non-hydrogen) atoms. The van der Waals surface area contributed by atoms with Crippen LogP contribution < -0.4 is 5.32 Å². The zero-order chi connectivity index (χ0) is 14.8. The molecule has 5 heteroatoms. The third kappa shape index (κ3) is 2.23. The van der Waals surface area contributed by atoms with Gasteiger partial charge >= 0.3 is 5.97 Å². The van der Waals surface area contributed by atoms with Crippen molar-refractivity contribution in [3.05, 3.63) is 0 Å². The van der Waals surface area contributed by atoms with Gasteiger partial charge in [-0.2, -0.15) is 0 Å². The highest BCUT2D eigenvalue weighted by molar-refractivity contribution is 6.11. The Hall–Kier alpha value is -1.39. The number of ether oxygens (including phenoxy) is 1. The van der Waals surface area contributed by atoms with Crippen molar-refractivity contribution in [3.63, 3.8) is 0 Å². The number of carbonyl (C=O) groups is 3. The molecule has 0 aromatic heterocycles. The fourth-order valence-electron chi connectivity index (χ4n) is 3.64. The summed E-state index contributed by atoms with van der Waals surface area (Å²) in [5, 5.41) is 2.40. The fourth-order valence-corrected chi connectivity index (χ4v) is 3.64. The van der Waals surface area contributed by atoms with Crippen LogP contribution in [0.4, 0.5) is 0 Å². The monoisotopic (exact) mass is 281 g/mol. The van der Waals surface area contributed by atoms with Gasteiger partial charge in [-0.25, -0.2) is 0 Å². The zero-order valence-corrected chi connectivity index (χ0v) is 12.2. The summed E-state index contributed by atoms with van der Waals surface area (Å²) in [5.74, 6) is -1.63. The Morgan fingerprint density at radius 1 is 1.30 bits per heavy atom. The Balaban J connectivity index is 2.03. The maximum atomic E-state index is 12.2. The molecule has 3 atom stereocenters. The van der Waals surface area contributed by atoms with Gasteiger partial charge in [0.05, 0.1) is 24.4 Å². The number of esters is 1. The largest absolute Gasteiger partial charge is 0.469 e. The lowest BCUT2D eigenvalue weighted by Gasteiger charge is -2.46. The van der Waals surface area contributed by atoms with Gasteiger partial charge in [0.25, 0.3) is 0 Å². The molecule has 1 unspecified atom stereocenters. The van der Waals surface area contributed by atoms with Gasteiger partial charge in [0.2, 0.25) is 11.8 Å². The molecule has 112 valence electrons. The maximum Gasteiger partial charge on any atom is 0.309 e. The van der Waals surface area contributed by atoms with Crippen LogP contribution in [0.25, 0.3) is 0 Å². The molecule has 1 aliphatic heterocycles. The maximum absolute atomic E-state index is 12.2. The van der Waals surface area contributed by atoms with Crippen LogP contribution in [-0.2, 0) is 19.1 Å². The van der Waals surface area contributed by atoms with Crippen LogP contribution in [0.5, 0.6) is 0 Å². The van der Waals surface area contributed by atoms with E-state index < -0.39 is 11.3 Å². The van der Waals surface area contributed by atoms with E-state index in [0.717, 1.165) is 25.7 Å². The van der Waals surface area contributed by atoms with Gasteiger partial charge in [0.1, 0.15) is 0 Å². The molecule has 1 saturated carbocycles. The normalized spacial score (nSPS) is 31.5. The Morgan fingerprint density at radius 3 is 2.60 bits per heavy atom. The number of amides is 2. The van der Waals surface area contributed by atoms with Gasteiger partial charge in [-0.05, 0) is 12.8 Å². The zero-order valence-electron chi connectivity index (χ0n) is 12.2. The van der Waals surface area contributed by atoms with Crippen LogP contribution in [0.3, 0.4) is 0 Å². The Labute approximate surface area is 119 Å². The molecule has 0 bridgehead atoms. The number of hydrogen-bond acceptors (Lipinski definition) is 4. The summed E-state index contributed by atoms with van der Waals surface area (Å²) < 4.78 is 4.79. The number of methoxy groups -OCH3 is 1. The first-order valence-corrected chi connectivity index (χ1v) is 7.51. The van der Waals surface area contributed by atoms with E-state index in [2.05, 4.69) is 12.2 Å². The molecule has 0 spiro atoms. The average Bonchev–Trinajstić information content (AvgIpc) is 2.57. The fraction of sp³-hybridized carbons (Fsp3) is 0.800. The predicted molar refractivity (Wildman–Crippen MR) is 72.6 cm³/mol. The van der Waals surface area contributed by atoms with Crippen molar-refractivity contribution >= 4 is 17.8 Å². The van der Waals surface area contributed by atoms with Gasteiger partial charge < -0.3 is 4.74 Å². The second kappa shape index (κ2) is 5.94. The van der Waals surface area contributed by atoms with Crippen LogP contribution in [0, 0.1) is 17.3 Å². The standard InChI is InChI=1S/C15H23NO4/c1-3-4-5-6-7-8-15-10(12(17)16-14(15)19)9-11(15)13(18)20-2/h10-11H,3-9H2,1-2H3,(H,16,17,19)/t10-,11?,15+/m1/s1. The molecule has 0 radical (unpaired) electrons. The van der Waals surface area contributed by atoms with E-state index >= 15 is 0 Å². The summed E-state index contributed by atoms with van der Waals surface area (Å²) in [7, 11) is 1.33. The molecule has 2 rings (SSSR count). The second-order valence-electron chi connectivity index (χ2n) is 5.89. The molecule has 2 fully saturated rings. The molecule has 2 aliphatic rings. The number of imide groups is 1. The number of hydrogen-bond donors (Lipinski definition) is 1. The van der Waals surface area contributed by atoms with Gasteiger partial charge in [-0.1, -0.05) is 39.0 Å². The summed E-state index contributed by atoms with van der Waals surface area (Å²) >= 11 is 0. The Morgan fingerprint density at radius 2 is 2.00 bits per heavy atom. The van der Waals surface area contributed by atoms with Crippen LogP contribution in [0.1, 0.15) is 51.9 Å². The molecule has 1 N–H and O–H groups in total. The minimum absolute atomic E-state index is 0.219. The number of nitrogens with one attached hydrogen (secondary N) is 1. The SMILES string of the molecule is CCCCCCC[C@]12C(=O)NC(=O)[C@H]1CC2C(=O)OC. The summed E-state index contributed by atoms with van der Waals surface area (Å²) in [4.78, 5) is 35.8. The van der Waals surface area contributed by atoms with Gasteiger partial charge in [0, 0.05) is 0 Å². The van der Waals surface area contributed by atoms with E-state index in [9.17, 15) is 14.4 Å². The van der Waals surface area contributed by atoms with Gasteiger partial charge in [-0.15, -0.1) is 0 Å². The number of carbonyl (C=O) groups excluding carboxylic acids is 3. The van der Waals surface area contributed by atoms with Crippen molar-refractivity contribution in [2.75, 3.05) is 7.11 Å². The summed E-state index contributed by atoms with van der Waals surface area (Å²) in [6, 6.07) is 0. The third-order valence-electron chi connectivity index (χ3n) is 4.87. The first-order chi connectivity index (χ1) is 9.57. The predicted octanol–water partition coefficient (Wildman–Crippen LogP) is 1.80. The van der Waals surface area contributed by atoms with E-state index in [0.29, 0.717) is 12.8 Å². The minimum Gasteiger partial charge on any atom is -0.469 e. The molecule has 1 heterocycles. The quantitative estimate of drug-likeness (QED) is 0.439. The van der Waals surface area contributed by atoms with E-state index in [1.165, 1.54) is 13.5 Å². The highest BCUT2D eigenvalue weighted by atomic mass is 16.5. The van der Waals surface area contributed by atoms with Gasteiger partial charge in [0.15, 0.2) is 0 Å². The topological polar surface area (TPSA) is 72.5 Å². The van der Waals surface area contributed by atoms with Crippen LogP contribution >= 0.6 is 0 Å². The highest BCUT2D eigenvalue weighted by Gasteiger charge is 2.69. The molecule has 1 saturated heterocycles. The number of rotatable bonds is 7. The van der Waals surface area contributed by atoms with Crippen LogP contribution in [0.2, 0.25) is 0 Å². The minimum atomic E-state index is -0.823. The lowest BCUT2D eigenvalue weighted by atomic mass is 9.52. The van der Waals surface area contributed by atoms with Crippen LogP contribution in [0.15, 0.2) is 0 Å². The second-order valence-corrected chi connectivity index (χ2v) is 5.89. The molecule has 5 nitrogen and oxygen atoms in total. The van der Waals surface area contributed by atoms with E-state index in [1.54, 1.807) is 0 Å². The smallest absolute Gasteiger partial charge is 0.309 e.